The van der Waals surface area contributed by atoms with Gasteiger partial charge in [-0.15, -0.1) is 0 Å². The van der Waals surface area contributed by atoms with Crippen LogP contribution in [0.15, 0.2) is 45.3 Å². The van der Waals surface area contributed by atoms with E-state index in [1.807, 2.05) is 25.1 Å². The number of nitriles is 1. The number of nitrogens with one attached hydrogen (secondary N) is 1. The van der Waals surface area contributed by atoms with Crippen molar-refractivity contribution in [3.05, 3.63) is 51.0 Å². The molecule has 3 rings (SSSR count). The summed E-state index contributed by atoms with van der Waals surface area (Å²) in [4.78, 5) is 16.9. The Morgan fingerprint density at radius 2 is 2.24 bits per heavy atom. The molecule has 0 fully saturated rings. The first kappa shape index (κ1) is 14.0. The van der Waals surface area contributed by atoms with Crippen molar-refractivity contribution in [3.63, 3.8) is 0 Å². The van der Waals surface area contributed by atoms with Gasteiger partial charge in [0.2, 0.25) is 0 Å². The molecule has 0 amide bonds. The summed E-state index contributed by atoms with van der Waals surface area (Å²) in [5.41, 5.74) is 3.81. The number of aromatic nitrogens is 1. The summed E-state index contributed by atoms with van der Waals surface area (Å²) in [6, 6.07) is 7.84. The molecule has 2 heterocycles. The van der Waals surface area contributed by atoms with Crippen molar-refractivity contribution in [1.29, 1.82) is 5.26 Å². The number of Topliss-reactive ketones (excluding diaryl/α,β-unsaturated/α-hetero) is 1. The number of allylic oxidation sites excluding steroid dienone is 4. The number of hydrogen-bond acceptors (Lipinski definition) is 4. The van der Waals surface area contributed by atoms with Crippen LogP contribution in [0.2, 0.25) is 0 Å². The second-order valence-electron chi connectivity index (χ2n) is 5.26. The molecular weight excluding hydrogens is 330 g/mol. The minimum Gasteiger partial charge on any atom is -0.361 e. The maximum Gasteiger partial charge on any atom is 0.161 e. The summed E-state index contributed by atoms with van der Waals surface area (Å²) in [6.45, 7) is 1.88. The van der Waals surface area contributed by atoms with E-state index in [4.69, 9.17) is 0 Å². The Labute approximate surface area is 131 Å². The Kier molecular flexibility index (Phi) is 3.64. The highest BCUT2D eigenvalue weighted by Crippen LogP contribution is 2.41. The number of nitrogens with zero attached hydrogens (tertiary/aromatic N) is 2. The van der Waals surface area contributed by atoms with Crippen molar-refractivity contribution < 1.29 is 4.79 Å². The standard InChI is InChI=1S/C16H14BrN3O/c1-9-10(8-18)15(11-5-3-7-14(17)20-11)16-12(19-9)4-2-6-13(16)21/h3,5,7,15,19H,2,4,6H2,1H3/t15-/m1/s1. The molecule has 0 saturated heterocycles. The third kappa shape index (κ3) is 2.40. The Balaban J connectivity index is 2.20. The molecule has 0 radical (unpaired) electrons. The van der Waals surface area contributed by atoms with Gasteiger partial charge in [0.25, 0.3) is 0 Å². The van der Waals surface area contributed by atoms with E-state index in [2.05, 4.69) is 32.3 Å². The normalized spacial score (nSPS) is 21.8. The fourth-order valence-corrected chi connectivity index (χ4v) is 3.37. The predicted molar refractivity (Wildman–Crippen MR) is 82.0 cm³/mol. The lowest BCUT2D eigenvalue weighted by Crippen LogP contribution is -2.31. The topological polar surface area (TPSA) is 65.8 Å². The van der Waals surface area contributed by atoms with Crippen LogP contribution < -0.4 is 5.32 Å². The van der Waals surface area contributed by atoms with Crippen molar-refractivity contribution in [2.24, 2.45) is 0 Å². The quantitative estimate of drug-likeness (QED) is 0.794. The van der Waals surface area contributed by atoms with Crippen LogP contribution in [-0.2, 0) is 4.79 Å². The molecule has 4 nitrogen and oxygen atoms in total. The Hall–Kier alpha value is -1.93. The number of ketones is 1. The minimum absolute atomic E-state index is 0.121. The molecule has 1 aliphatic carbocycles. The summed E-state index contributed by atoms with van der Waals surface area (Å²) in [6.07, 6.45) is 2.25. The van der Waals surface area contributed by atoms with Gasteiger partial charge in [-0.1, -0.05) is 6.07 Å². The fraction of sp³-hybridized carbons (Fsp3) is 0.312. The van der Waals surface area contributed by atoms with E-state index >= 15 is 0 Å². The minimum atomic E-state index is -0.350. The number of dihydropyridines is 1. The largest absolute Gasteiger partial charge is 0.361 e. The molecule has 0 unspecified atom stereocenters. The number of carbonyl (C=O) groups is 1. The summed E-state index contributed by atoms with van der Waals surface area (Å²) >= 11 is 3.36. The number of halogens is 1. The van der Waals surface area contributed by atoms with E-state index in [0.29, 0.717) is 22.2 Å². The first-order valence-electron chi connectivity index (χ1n) is 6.88. The van der Waals surface area contributed by atoms with Gasteiger partial charge in [-0.25, -0.2) is 4.98 Å². The predicted octanol–water partition coefficient (Wildman–Crippen LogP) is 3.34. The van der Waals surface area contributed by atoms with Crippen LogP contribution >= 0.6 is 15.9 Å². The lowest BCUT2D eigenvalue weighted by Gasteiger charge is -2.32. The Bertz CT molecular complexity index is 727. The van der Waals surface area contributed by atoms with Crippen LogP contribution in [0.1, 0.15) is 37.8 Å². The molecule has 1 aliphatic heterocycles. The second kappa shape index (κ2) is 5.45. The highest BCUT2D eigenvalue weighted by Gasteiger charge is 2.36. The van der Waals surface area contributed by atoms with Crippen molar-refractivity contribution in [1.82, 2.24) is 10.3 Å². The lowest BCUT2D eigenvalue weighted by molar-refractivity contribution is -0.116. The molecular formula is C16H14BrN3O. The van der Waals surface area contributed by atoms with E-state index in [9.17, 15) is 10.1 Å². The Morgan fingerprint density at radius 1 is 1.43 bits per heavy atom. The SMILES string of the molecule is CC1=C(C#N)[C@H](c2cccc(Br)n2)C2=C(CCCC2=O)N1. The molecule has 2 aliphatic rings. The zero-order valence-electron chi connectivity index (χ0n) is 11.6. The zero-order chi connectivity index (χ0) is 15.0. The molecule has 0 spiro atoms. The zero-order valence-corrected chi connectivity index (χ0v) is 13.2. The Morgan fingerprint density at radius 3 is 2.95 bits per heavy atom. The average Bonchev–Trinajstić information content (AvgIpc) is 2.46. The van der Waals surface area contributed by atoms with Gasteiger partial charge in [0.15, 0.2) is 5.78 Å². The van der Waals surface area contributed by atoms with Gasteiger partial charge in [-0.3, -0.25) is 4.79 Å². The van der Waals surface area contributed by atoms with Gasteiger partial charge in [0.1, 0.15) is 4.60 Å². The van der Waals surface area contributed by atoms with Crippen molar-refractivity contribution >= 4 is 21.7 Å². The number of pyridine rings is 1. The highest BCUT2D eigenvalue weighted by molar-refractivity contribution is 9.10. The number of rotatable bonds is 1. The molecule has 21 heavy (non-hydrogen) atoms. The summed E-state index contributed by atoms with van der Waals surface area (Å²) in [5.74, 6) is -0.229. The maximum absolute atomic E-state index is 12.4. The van der Waals surface area contributed by atoms with E-state index in [-0.39, 0.29) is 11.7 Å². The molecule has 106 valence electrons. The molecule has 1 aromatic heterocycles. The van der Waals surface area contributed by atoms with Gasteiger partial charge in [-0.2, -0.15) is 5.26 Å². The van der Waals surface area contributed by atoms with Crippen LogP contribution in [0.5, 0.6) is 0 Å². The molecule has 0 aromatic carbocycles. The molecule has 1 atom stereocenters. The molecule has 1 aromatic rings. The smallest absolute Gasteiger partial charge is 0.161 e. The van der Waals surface area contributed by atoms with E-state index in [0.717, 1.165) is 29.9 Å². The van der Waals surface area contributed by atoms with Gasteiger partial charge >= 0.3 is 0 Å². The number of hydrogen-bond donors (Lipinski definition) is 1. The van der Waals surface area contributed by atoms with E-state index in [1.54, 1.807) is 0 Å². The van der Waals surface area contributed by atoms with Gasteiger partial charge in [-0.05, 0) is 47.8 Å². The monoisotopic (exact) mass is 343 g/mol. The number of carbonyl (C=O) groups excluding carboxylic acids is 1. The van der Waals surface area contributed by atoms with Crippen molar-refractivity contribution in [2.75, 3.05) is 0 Å². The fourth-order valence-electron chi connectivity index (χ4n) is 3.01. The molecule has 1 N–H and O–H groups in total. The summed E-state index contributed by atoms with van der Waals surface area (Å²) < 4.78 is 0.707. The van der Waals surface area contributed by atoms with E-state index < -0.39 is 0 Å². The lowest BCUT2D eigenvalue weighted by atomic mass is 9.77. The molecule has 0 bridgehead atoms. The van der Waals surface area contributed by atoms with Crippen LogP contribution in [-0.4, -0.2) is 10.8 Å². The first-order valence-corrected chi connectivity index (χ1v) is 7.67. The average molecular weight is 344 g/mol. The van der Waals surface area contributed by atoms with Gasteiger partial charge < -0.3 is 5.32 Å². The van der Waals surface area contributed by atoms with Crippen LogP contribution in [0.4, 0.5) is 0 Å². The van der Waals surface area contributed by atoms with E-state index in [1.165, 1.54) is 0 Å². The molecule has 5 heteroatoms. The summed E-state index contributed by atoms with van der Waals surface area (Å²) in [5, 5.41) is 12.8. The van der Waals surface area contributed by atoms with Crippen molar-refractivity contribution in [2.45, 2.75) is 32.1 Å². The van der Waals surface area contributed by atoms with Gasteiger partial charge in [0, 0.05) is 23.4 Å². The second-order valence-corrected chi connectivity index (χ2v) is 6.08. The van der Waals surface area contributed by atoms with Crippen LogP contribution in [0.25, 0.3) is 0 Å². The van der Waals surface area contributed by atoms with Crippen LogP contribution in [0, 0.1) is 11.3 Å². The van der Waals surface area contributed by atoms with Crippen LogP contribution in [0.3, 0.4) is 0 Å². The third-order valence-electron chi connectivity index (χ3n) is 3.93. The molecule has 0 saturated carbocycles. The maximum atomic E-state index is 12.4. The van der Waals surface area contributed by atoms with Crippen molar-refractivity contribution in [3.8, 4) is 6.07 Å². The highest BCUT2D eigenvalue weighted by atomic mass is 79.9. The third-order valence-corrected chi connectivity index (χ3v) is 4.37. The summed E-state index contributed by atoms with van der Waals surface area (Å²) in [7, 11) is 0. The van der Waals surface area contributed by atoms with Gasteiger partial charge in [0.05, 0.1) is 23.3 Å². The first-order chi connectivity index (χ1) is 10.1.